The summed E-state index contributed by atoms with van der Waals surface area (Å²) in [5.74, 6) is 0.642. The van der Waals surface area contributed by atoms with Crippen molar-refractivity contribution in [2.24, 2.45) is 5.73 Å². The Kier molecular flexibility index (Phi) is 17.2. The Labute approximate surface area is 184 Å². The largest absolute Gasteiger partial charge is 0.493 e. The number of hydrogen-bond acceptors (Lipinski definition) is 6. The summed E-state index contributed by atoms with van der Waals surface area (Å²) in [6.07, 6.45) is 9.41. The molecular weight excluding hydrogens is 380 g/mol. The van der Waals surface area contributed by atoms with Gasteiger partial charge in [0, 0.05) is 20.1 Å². The van der Waals surface area contributed by atoms with Crippen LogP contribution in [0.5, 0.6) is 11.5 Å². The lowest BCUT2D eigenvalue weighted by atomic mass is 9.94. The van der Waals surface area contributed by atoms with Gasteiger partial charge in [-0.2, -0.15) is 0 Å². The van der Waals surface area contributed by atoms with Gasteiger partial charge in [0.15, 0.2) is 11.5 Å². The Balaban J connectivity index is 0.000000535. The van der Waals surface area contributed by atoms with E-state index in [0.29, 0.717) is 18.1 Å². The molecule has 0 atom stereocenters. The lowest BCUT2D eigenvalue weighted by Crippen LogP contribution is -2.37. The number of carbonyl (C=O) groups excluding carboxylic acids is 1. The molecule has 0 heterocycles. The number of carbonyl (C=O) groups is 1. The van der Waals surface area contributed by atoms with Crippen LogP contribution in [0.25, 0.3) is 0 Å². The minimum atomic E-state index is -0.358. The Morgan fingerprint density at radius 3 is 2.27 bits per heavy atom. The predicted molar refractivity (Wildman–Crippen MR) is 124 cm³/mol. The van der Waals surface area contributed by atoms with Crippen LogP contribution >= 0.6 is 0 Å². The Morgan fingerprint density at radius 1 is 1.10 bits per heavy atom. The minimum absolute atomic E-state index is 0.358. The second-order valence-electron chi connectivity index (χ2n) is 7.24. The maximum atomic E-state index is 10.8. The zero-order valence-electron chi connectivity index (χ0n) is 20.0. The highest BCUT2D eigenvalue weighted by Gasteiger charge is 2.18. The van der Waals surface area contributed by atoms with E-state index < -0.39 is 0 Å². The van der Waals surface area contributed by atoms with E-state index in [1.54, 1.807) is 20.3 Å². The standard InChI is InChI=1S/C12H16O4.C11H23N.CH5N/c1-9(13)16-11-5-4-10(6-7-14-2)8-12(11)15-3;1-3-10-12(4-2)11-8-6-5-7-9-11;1-2/h4-5,8H,6-7H2,1-3H3;11H,3-10H2,1-2H3;2H2,1H3. The summed E-state index contributed by atoms with van der Waals surface area (Å²) >= 11 is 0. The predicted octanol–water partition coefficient (Wildman–Crippen LogP) is 4.44. The lowest BCUT2D eigenvalue weighted by Gasteiger charge is -2.33. The van der Waals surface area contributed by atoms with Crippen molar-refractivity contribution < 1.29 is 19.0 Å². The fourth-order valence-electron chi connectivity index (χ4n) is 3.66. The normalized spacial score (nSPS) is 13.6. The van der Waals surface area contributed by atoms with Gasteiger partial charge in [-0.25, -0.2) is 0 Å². The number of esters is 1. The first-order chi connectivity index (χ1) is 14.5. The number of benzene rings is 1. The average molecular weight is 425 g/mol. The van der Waals surface area contributed by atoms with Crippen LogP contribution in [0.2, 0.25) is 0 Å². The molecule has 6 heteroatoms. The molecule has 1 fully saturated rings. The van der Waals surface area contributed by atoms with Crippen LogP contribution in [0.3, 0.4) is 0 Å². The molecule has 2 rings (SSSR count). The highest BCUT2D eigenvalue weighted by molar-refractivity contribution is 5.70. The van der Waals surface area contributed by atoms with Gasteiger partial charge in [0.2, 0.25) is 0 Å². The zero-order chi connectivity index (χ0) is 22.8. The highest BCUT2D eigenvalue weighted by Crippen LogP contribution is 2.28. The number of nitrogens with two attached hydrogens (primary N) is 1. The van der Waals surface area contributed by atoms with Gasteiger partial charge in [-0.15, -0.1) is 0 Å². The summed E-state index contributed by atoms with van der Waals surface area (Å²) in [5.41, 5.74) is 5.58. The van der Waals surface area contributed by atoms with Crippen molar-refractivity contribution in [3.63, 3.8) is 0 Å². The van der Waals surface area contributed by atoms with Crippen molar-refractivity contribution in [1.82, 2.24) is 4.90 Å². The van der Waals surface area contributed by atoms with Crippen LogP contribution in [0.15, 0.2) is 18.2 Å². The first-order valence-electron chi connectivity index (χ1n) is 11.2. The third kappa shape index (κ3) is 11.5. The summed E-state index contributed by atoms with van der Waals surface area (Å²) in [6, 6.07) is 6.38. The molecule has 174 valence electrons. The number of ether oxygens (including phenoxy) is 3. The van der Waals surface area contributed by atoms with Crippen molar-refractivity contribution in [1.29, 1.82) is 0 Å². The van der Waals surface area contributed by atoms with Crippen LogP contribution in [0.4, 0.5) is 0 Å². The van der Waals surface area contributed by atoms with Crippen molar-refractivity contribution in [3.05, 3.63) is 23.8 Å². The molecule has 0 bridgehead atoms. The minimum Gasteiger partial charge on any atom is -0.493 e. The molecule has 0 spiro atoms. The van der Waals surface area contributed by atoms with Crippen LogP contribution in [-0.4, -0.2) is 57.9 Å². The van der Waals surface area contributed by atoms with Crippen molar-refractivity contribution in [2.45, 2.75) is 71.8 Å². The molecule has 1 aromatic rings. The van der Waals surface area contributed by atoms with Gasteiger partial charge in [-0.3, -0.25) is 4.79 Å². The quantitative estimate of drug-likeness (QED) is 0.467. The van der Waals surface area contributed by atoms with E-state index in [2.05, 4.69) is 24.5 Å². The van der Waals surface area contributed by atoms with Gasteiger partial charge >= 0.3 is 5.97 Å². The summed E-state index contributed by atoms with van der Waals surface area (Å²) in [7, 11) is 4.70. The average Bonchev–Trinajstić information content (AvgIpc) is 2.78. The molecule has 1 saturated carbocycles. The van der Waals surface area contributed by atoms with E-state index in [1.807, 2.05) is 12.1 Å². The first-order valence-corrected chi connectivity index (χ1v) is 11.2. The second kappa shape index (κ2) is 18.2. The van der Waals surface area contributed by atoms with Crippen LogP contribution < -0.4 is 15.2 Å². The highest BCUT2D eigenvalue weighted by atomic mass is 16.6. The smallest absolute Gasteiger partial charge is 0.308 e. The number of methoxy groups -OCH3 is 2. The van der Waals surface area contributed by atoms with Crippen LogP contribution in [0, 0.1) is 0 Å². The summed E-state index contributed by atoms with van der Waals surface area (Å²) in [5, 5.41) is 0. The summed E-state index contributed by atoms with van der Waals surface area (Å²) in [4.78, 5) is 13.5. The maximum absolute atomic E-state index is 10.8. The van der Waals surface area contributed by atoms with Gasteiger partial charge in [-0.05, 0) is 63.5 Å². The molecule has 1 aliphatic rings. The van der Waals surface area contributed by atoms with Crippen molar-refractivity contribution in [3.8, 4) is 11.5 Å². The van der Waals surface area contributed by atoms with E-state index in [4.69, 9.17) is 14.2 Å². The molecular formula is C24H44N2O4. The fraction of sp³-hybridized carbons (Fsp3) is 0.708. The SMILES string of the molecule is CCCN(CC)C1CCCCC1.CN.COCCc1ccc(OC(C)=O)c(OC)c1. The van der Waals surface area contributed by atoms with Crippen molar-refractivity contribution >= 4 is 5.97 Å². The van der Waals surface area contributed by atoms with E-state index in [0.717, 1.165) is 18.0 Å². The van der Waals surface area contributed by atoms with Crippen molar-refractivity contribution in [2.75, 3.05) is 41.0 Å². The van der Waals surface area contributed by atoms with Gasteiger partial charge in [0.1, 0.15) is 0 Å². The van der Waals surface area contributed by atoms with E-state index >= 15 is 0 Å². The molecule has 0 radical (unpaired) electrons. The monoisotopic (exact) mass is 424 g/mol. The fourth-order valence-corrected chi connectivity index (χ4v) is 3.66. The maximum Gasteiger partial charge on any atom is 0.308 e. The number of nitrogens with zero attached hydrogens (tertiary/aromatic N) is 1. The summed E-state index contributed by atoms with van der Waals surface area (Å²) < 4.78 is 15.1. The van der Waals surface area contributed by atoms with Gasteiger partial charge in [0.05, 0.1) is 13.7 Å². The van der Waals surface area contributed by atoms with Gasteiger partial charge < -0.3 is 24.8 Å². The molecule has 30 heavy (non-hydrogen) atoms. The Hall–Kier alpha value is -1.63. The Morgan fingerprint density at radius 2 is 1.77 bits per heavy atom. The molecule has 1 aliphatic carbocycles. The second-order valence-corrected chi connectivity index (χ2v) is 7.24. The molecule has 0 saturated heterocycles. The molecule has 0 unspecified atom stereocenters. The molecule has 0 aromatic heterocycles. The van der Waals surface area contributed by atoms with E-state index in [-0.39, 0.29) is 5.97 Å². The van der Waals surface area contributed by atoms with Crippen LogP contribution in [0.1, 0.15) is 64.9 Å². The van der Waals surface area contributed by atoms with Gasteiger partial charge in [0.25, 0.3) is 0 Å². The number of rotatable bonds is 9. The third-order valence-corrected chi connectivity index (χ3v) is 5.08. The van der Waals surface area contributed by atoms with Gasteiger partial charge in [-0.1, -0.05) is 39.2 Å². The molecule has 2 N–H and O–H groups in total. The number of hydrogen-bond donors (Lipinski definition) is 1. The van der Waals surface area contributed by atoms with E-state index in [9.17, 15) is 4.79 Å². The van der Waals surface area contributed by atoms with Crippen LogP contribution in [-0.2, 0) is 16.0 Å². The molecule has 1 aromatic carbocycles. The molecule has 0 amide bonds. The first kappa shape index (κ1) is 28.4. The molecule has 6 nitrogen and oxygen atoms in total. The zero-order valence-corrected chi connectivity index (χ0v) is 20.0. The topological polar surface area (TPSA) is 74.0 Å². The third-order valence-electron chi connectivity index (χ3n) is 5.08. The molecule has 0 aliphatic heterocycles. The summed E-state index contributed by atoms with van der Waals surface area (Å²) in [6.45, 7) is 9.14. The lowest BCUT2D eigenvalue weighted by molar-refractivity contribution is -0.132. The van der Waals surface area contributed by atoms with E-state index in [1.165, 1.54) is 65.6 Å². The Bertz CT molecular complexity index is 557.